The molecule has 0 radical (unpaired) electrons. The topological polar surface area (TPSA) is 98.0 Å². The van der Waals surface area contributed by atoms with Gasteiger partial charge in [-0.1, -0.05) is 24.3 Å². The van der Waals surface area contributed by atoms with E-state index in [1.165, 1.54) is 6.33 Å². The van der Waals surface area contributed by atoms with Crippen molar-refractivity contribution in [2.24, 2.45) is 0 Å². The van der Waals surface area contributed by atoms with Crippen molar-refractivity contribution in [2.45, 2.75) is 56.4 Å². The smallest absolute Gasteiger partial charge is 0.393 e. The number of benzene rings is 1. The van der Waals surface area contributed by atoms with Gasteiger partial charge >= 0.3 is 6.18 Å². The normalized spacial score (nSPS) is 18.7. The van der Waals surface area contributed by atoms with Crippen molar-refractivity contribution >= 4 is 39.8 Å². The lowest BCUT2D eigenvalue weighted by atomic mass is 9.82. The summed E-state index contributed by atoms with van der Waals surface area (Å²) in [5.41, 5.74) is 3.18. The molecule has 4 aromatic heterocycles. The van der Waals surface area contributed by atoms with Gasteiger partial charge in [0.05, 0.1) is 31.3 Å². The molecule has 1 aromatic carbocycles. The third-order valence-corrected chi connectivity index (χ3v) is 8.48. The number of aromatic nitrogens is 4. The lowest BCUT2D eigenvalue weighted by Crippen LogP contribution is -2.41. The average molecular weight is 631 g/mol. The van der Waals surface area contributed by atoms with Crippen molar-refractivity contribution in [3.63, 3.8) is 0 Å². The molecule has 5 aromatic rings. The van der Waals surface area contributed by atoms with Crippen LogP contribution in [0.3, 0.4) is 0 Å². The number of methoxy groups -OCH3 is 1. The highest BCUT2D eigenvalue weighted by atomic mass is 35.5. The van der Waals surface area contributed by atoms with Crippen molar-refractivity contribution in [2.75, 3.05) is 12.4 Å². The van der Waals surface area contributed by atoms with Gasteiger partial charge in [-0.3, -0.25) is 4.98 Å². The summed E-state index contributed by atoms with van der Waals surface area (Å²) in [4.78, 5) is 18.0. The minimum Gasteiger partial charge on any atom is -0.495 e. The van der Waals surface area contributed by atoms with Crippen molar-refractivity contribution in [1.29, 1.82) is 0 Å². The Labute approximate surface area is 256 Å². The highest BCUT2D eigenvalue weighted by molar-refractivity contribution is 7.18. The van der Waals surface area contributed by atoms with E-state index in [4.69, 9.17) is 9.15 Å². The second-order valence-corrected chi connectivity index (χ2v) is 11.6. The molecule has 8 nitrogen and oxygen atoms in total. The van der Waals surface area contributed by atoms with E-state index < -0.39 is 12.6 Å². The van der Waals surface area contributed by atoms with Crippen LogP contribution in [0, 0.1) is 0 Å². The van der Waals surface area contributed by atoms with Crippen LogP contribution in [0.5, 0.6) is 5.75 Å². The minimum absolute atomic E-state index is 0. The maximum Gasteiger partial charge on any atom is 0.393 e. The van der Waals surface area contributed by atoms with Crippen molar-refractivity contribution in [3.8, 4) is 16.9 Å². The number of anilines is 1. The summed E-state index contributed by atoms with van der Waals surface area (Å²) in [6.07, 6.45) is 5.26. The number of rotatable bonds is 9. The Balaban J connectivity index is 0.00000368. The second-order valence-electron chi connectivity index (χ2n) is 10.4. The molecule has 43 heavy (non-hydrogen) atoms. The van der Waals surface area contributed by atoms with Crippen LogP contribution in [0.25, 0.3) is 21.3 Å². The largest absolute Gasteiger partial charge is 0.495 e. The Kier molecular flexibility index (Phi) is 9.48. The summed E-state index contributed by atoms with van der Waals surface area (Å²) >= 11 is 1.05. The van der Waals surface area contributed by atoms with Gasteiger partial charge in [-0.25, -0.2) is 15.0 Å². The summed E-state index contributed by atoms with van der Waals surface area (Å²) in [5.74, 6) is 2.01. The zero-order valence-electron chi connectivity index (χ0n) is 23.2. The highest BCUT2D eigenvalue weighted by Crippen LogP contribution is 2.37. The van der Waals surface area contributed by atoms with Gasteiger partial charge in [0.25, 0.3) is 0 Å². The lowest BCUT2D eigenvalue weighted by Gasteiger charge is -2.35. The second kappa shape index (κ2) is 13.3. The van der Waals surface area contributed by atoms with Gasteiger partial charge in [0.1, 0.15) is 29.0 Å². The number of halogens is 4. The average Bonchev–Trinajstić information content (AvgIpc) is 3.66. The van der Waals surface area contributed by atoms with E-state index in [1.54, 1.807) is 31.8 Å². The molecule has 6 rings (SSSR count). The summed E-state index contributed by atoms with van der Waals surface area (Å²) in [7, 11) is 1.62. The van der Waals surface area contributed by atoms with Gasteiger partial charge in [0, 0.05) is 41.2 Å². The zero-order valence-corrected chi connectivity index (χ0v) is 24.8. The Hall–Kier alpha value is -3.74. The molecule has 226 valence electrons. The van der Waals surface area contributed by atoms with Gasteiger partial charge < -0.3 is 19.8 Å². The van der Waals surface area contributed by atoms with Crippen LogP contribution in [0.2, 0.25) is 0 Å². The molecule has 0 aliphatic heterocycles. The van der Waals surface area contributed by atoms with Crippen LogP contribution in [0.4, 0.5) is 19.0 Å². The molecule has 3 atom stereocenters. The van der Waals surface area contributed by atoms with Gasteiger partial charge in [0.15, 0.2) is 5.89 Å². The first-order valence-corrected chi connectivity index (χ1v) is 14.4. The highest BCUT2D eigenvalue weighted by Gasteiger charge is 2.33. The maximum atomic E-state index is 13.0. The molecule has 2 N–H and O–H groups in total. The van der Waals surface area contributed by atoms with Crippen molar-refractivity contribution in [1.82, 2.24) is 25.3 Å². The summed E-state index contributed by atoms with van der Waals surface area (Å²) < 4.78 is 50.0. The maximum absolute atomic E-state index is 13.0. The molecule has 1 saturated carbocycles. The quantitative estimate of drug-likeness (QED) is 0.177. The number of fused-ring (bicyclic) bond motifs is 1. The van der Waals surface area contributed by atoms with E-state index in [-0.39, 0.29) is 35.3 Å². The molecule has 0 unspecified atom stereocenters. The first-order valence-electron chi connectivity index (χ1n) is 13.6. The predicted molar refractivity (Wildman–Crippen MR) is 162 cm³/mol. The fourth-order valence-corrected chi connectivity index (χ4v) is 6.53. The van der Waals surface area contributed by atoms with Gasteiger partial charge in [-0.15, -0.1) is 23.7 Å². The first kappa shape index (κ1) is 30.7. The fourth-order valence-electron chi connectivity index (χ4n) is 5.51. The molecule has 0 saturated heterocycles. The van der Waals surface area contributed by atoms with E-state index in [2.05, 4.69) is 54.8 Å². The third-order valence-electron chi connectivity index (χ3n) is 7.43. The van der Waals surface area contributed by atoms with Crippen LogP contribution in [0.15, 0.2) is 72.0 Å². The molecular weight excluding hydrogens is 601 g/mol. The molecule has 1 aliphatic carbocycles. The molecule has 13 heteroatoms. The number of nitrogens with one attached hydrogen (secondary N) is 2. The van der Waals surface area contributed by atoms with Crippen molar-refractivity contribution in [3.05, 3.63) is 83.9 Å². The van der Waals surface area contributed by atoms with E-state index in [0.29, 0.717) is 34.2 Å². The molecule has 0 bridgehead atoms. The van der Waals surface area contributed by atoms with Gasteiger partial charge in [-0.05, 0) is 42.5 Å². The number of pyridine rings is 1. The Bertz CT molecular complexity index is 1630. The summed E-state index contributed by atoms with van der Waals surface area (Å²) in [6, 6.07) is 12.0. The molecular formula is C30H30ClF3N6O2S. The minimum atomic E-state index is -4.28. The number of nitrogens with zero attached hydrogens (tertiary/aromatic N) is 4. The monoisotopic (exact) mass is 630 g/mol. The SMILES string of the molecule is COc1cncc(-c2ccc(CN[C@H]3C[C@@H](Nc4ncnc5sc(CC(F)(F)F)cc45)C[C@@H](c4ncco4)C3)cc2)c1.Cl. The van der Waals surface area contributed by atoms with E-state index in [9.17, 15) is 13.2 Å². The molecule has 1 fully saturated rings. The molecule has 0 spiro atoms. The molecule has 4 heterocycles. The number of hydrogen-bond donors (Lipinski definition) is 2. The molecule has 1 aliphatic rings. The van der Waals surface area contributed by atoms with Gasteiger partial charge in [0.2, 0.25) is 0 Å². The predicted octanol–water partition coefficient (Wildman–Crippen LogP) is 7.18. The lowest BCUT2D eigenvalue weighted by molar-refractivity contribution is -0.126. The molecule has 0 amide bonds. The number of ether oxygens (including phenoxy) is 1. The van der Waals surface area contributed by atoms with E-state index >= 15 is 0 Å². The Morgan fingerprint density at radius 3 is 2.56 bits per heavy atom. The standard InChI is InChI=1S/C30H29F3N6O2S.ClH/c1-40-24-10-21(15-34-16-24)19-4-2-18(3-5-19)14-36-22-8-20(28-35-6-7-41-28)9-23(11-22)39-27-26-12-25(13-30(31,32)33)42-29(26)38-17-37-27;/h2-7,10,12,15-17,20,22-23,36H,8-9,11,13-14H2,1H3,(H,37,38,39);1H/t20-,22+,23-;/m0./s1. The number of alkyl halides is 3. The summed E-state index contributed by atoms with van der Waals surface area (Å²) in [5, 5.41) is 7.80. The van der Waals surface area contributed by atoms with Crippen molar-refractivity contribution < 1.29 is 22.3 Å². The summed E-state index contributed by atoms with van der Waals surface area (Å²) in [6.45, 7) is 0.676. The Morgan fingerprint density at radius 2 is 1.81 bits per heavy atom. The van der Waals surface area contributed by atoms with E-state index in [0.717, 1.165) is 47.3 Å². The van der Waals surface area contributed by atoms with Crippen LogP contribution in [-0.4, -0.2) is 45.3 Å². The van der Waals surface area contributed by atoms with Crippen LogP contribution >= 0.6 is 23.7 Å². The number of hydrogen-bond acceptors (Lipinski definition) is 9. The van der Waals surface area contributed by atoms with Crippen LogP contribution in [-0.2, 0) is 13.0 Å². The van der Waals surface area contributed by atoms with Gasteiger partial charge in [-0.2, -0.15) is 13.2 Å². The zero-order chi connectivity index (χ0) is 29.1. The first-order chi connectivity index (χ1) is 20.3. The van der Waals surface area contributed by atoms with E-state index in [1.807, 2.05) is 12.3 Å². The van der Waals surface area contributed by atoms with Crippen LogP contribution < -0.4 is 15.4 Å². The fraction of sp³-hybridized carbons (Fsp3) is 0.333. The number of oxazole rings is 1. The Morgan fingerprint density at radius 1 is 1.00 bits per heavy atom. The third kappa shape index (κ3) is 7.62. The number of thiophene rings is 1. The van der Waals surface area contributed by atoms with Crippen LogP contribution in [0.1, 0.15) is 41.5 Å².